The molecule has 2 nitrogen and oxygen atoms in total. The maximum Gasteiger partial charge on any atom is 0.136 e. The molecule has 0 aliphatic carbocycles. The summed E-state index contributed by atoms with van der Waals surface area (Å²) in [5, 5.41) is 3.37. The molecule has 0 aliphatic heterocycles. The predicted molar refractivity (Wildman–Crippen MR) is 72.2 cm³/mol. The third-order valence-corrected chi connectivity index (χ3v) is 3.78. The number of hydrogen-bond acceptors (Lipinski definition) is 3. The summed E-state index contributed by atoms with van der Waals surface area (Å²) in [5.41, 5.74) is 1.10. The Kier molecular flexibility index (Phi) is 4.84. The maximum absolute atomic E-state index is 13.5. The molecule has 2 rings (SSSR count). The van der Waals surface area contributed by atoms with Crippen LogP contribution in [0.2, 0.25) is 0 Å². The monoisotopic (exact) mass is 265 g/mol. The van der Waals surface area contributed by atoms with Gasteiger partial charge in [-0.15, -0.1) is 11.8 Å². The van der Waals surface area contributed by atoms with Crippen LogP contribution in [0.4, 0.5) is 4.39 Å². The van der Waals surface area contributed by atoms with Crippen molar-refractivity contribution in [3.05, 3.63) is 54.2 Å². The van der Waals surface area contributed by atoms with E-state index in [0.29, 0.717) is 4.90 Å². The average Bonchev–Trinajstić information content (AvgIpc) is 2.90. The van der Waals surface area contributed by atoms with Crippen LogP contribution >= 0.6 is 11.8 Å². The molecule has 0 fully saturated rings. The lowest BCUT2D eigenvalue weighted by molar-refractivity contribution is 0.547. The molecule has 0 spiro atoms. The highest BCUT2D eigenvalue weighted by atomic mass is 32.2. The molecule has 0 saturated carbocycles. The first-order valence-corrected chi connectivity index (χ1v) is 6.92. The third-order valence-electron chi connectivity index (χ3n) is 2.64. The van der Waals surface area contributed by atoms with Crippen LogP contribution in [0.15, 0.2) is 52.2 Å². The van der Waals surface area contributed by atoms with Crippen molar-refractivity contribution < 1.29 is 8.81 Å². The first-order chi connectivity index (χ1) is 8.81. The van der Waals surface area contributed by atoms with E-state index in [1.165, 1.54) is 17.8 Å². The Balaban J connectivity index is 2.00. The van der Waals surface area contributed by atoms with E-state index in [-0.39, 0.29) is 11.9 Å². The molecule has 2 aromatic rings. The van der Waals surface area contributed by atoms with Crippen molar-refractivity contribution >= 4 is 11.8 Å². The van der Waals surface area contributed by atoms with Gasteiger partial charge < -0.3 is 9.73 Å². The second-order valence-corrected chi connectivity index (χ2v) is 4.97. The van der Waals surface area contributed by atoms with Gasteiger partial charge in [0.25, 0.3) is 0 Å². The number of thioether (sulfide) groups is 1. The van der Waals surface area contributed by atoms with Crippen LogP contribution in [0.3, 0.4) is 0 Å². The molecule has 0 radical (unpaired) electrons. The van der Waals surface area contributed by atoms with E-state index in [1.54, 1.807) is 24.7 Å². The van der Waals surface area contributed by atoms with Crippen molar-refractivity contribution in [2.45, 2.75) is 17.9 Å². The van der Waals surface area contributed by atoms with Gasteiger partial charge >= 0.3 is 0 Å². The number of hydrogen-bond donors (Lipinski definition) is 1. The minimum atomic E-state index is -0.162. The zero-order chi connectivity index (χ0) is 12.8. The Morgan fingerprint density at radius 1 is 1.33 bits per heavy atom. The second-order valence-electron chi connectivity index (χ2n) is 3.91. The molecule has 1 atom stereocenters. The zero-order valence-corrected chi connectivity index (χ0v) is 11.0. The number of rotatable bonds is 6. The van der Waals surface area contributed by atoms with Crippen molar-refractivity contribution in [2.24, 2.45) is 0 Å². The fourth-order valence-electron chi connectivity index (χ4n) is 1.73. The van der Waals surface area contributed by atoms with Crippen LogP contribution in [-0.2, 0) is 0 Å². The molecular weight excluding hydrogens is 249 g/mol. The minimum absolute atomic E-state index is 0.162. The number of nitrogens with one attached hydrogen (secondary N) is 1. The fourth-order valence-corrected chi connectivity index (χ4v) is 2.76. The van der Waals surface area contributed by atoms with Crippen molar-refractivity contribution in [3.8, 4) is 0 Å². The van der Waals surface area contributed by atoms with Crippen LogP contribution in [0.25, 0.3) is 0 Å². The highest BCUT2D eigenvalue weighted by Gasteiger charge is 2.13. The first kappa shape index (κ1) is 13.2. The minimum Gasteiger partial charge on any atom is -0.472 e. The molecule has 18 heavy (non-hydrogen) atoms. The van der Waals surface area contributed by atoms with Crippen molar-refractivity contribution in [1.82, 2.24) is 5.32 Å². The molecule has 1 N–H and O–H groups in total. The Morgan fingerprint density at radius 2 is 2.17 bits per heavy atom. The third kappa shape index (κ3) is 3.37. The molecule has 0 amide bonds. The van der Waals surface area contributed by atoms with Crippen LogP contribution in [-0.4, -0.2) is 12.3 Å². The van der Waals surface area contributed by atoms with E-state index in [4.69, 9.17) is 4.42 Å². The highest BCUT2D eigenvalue weighted by Crippen LogP contribution is 2.26. The SMILES string of the molecule is CCNC(CSc1ccccc1F)c1ccoc1. The molecule has 0 bridgehead atoms. The van der Waals surface area contributed by atoms with E-state index in [0.717, 1.165) is 17.9 Å². The van der Waals surface area contributed by atoms with Gasteiger partial charge in [-0.25, -0.2) is 4.39 Å². The average molecular weight is 265 g/mol. The zero-order valence-electron chi connectivity index (χ0n) is 10.2. The maximum atomic E-state index is 13.5. The van der Waals surface area contributed by atoms with Gasteiger partial charge in [0.15, 0.2) is 0 Å². The smallest absolute Gasteiger partial charge is 0.136 e. The van der Waals surface area contributed by atoms with Gasteiger partial charge in [-0.05, 0) is 24.7 Å². The number of furan rings is 1. The van der Waals surface area contributed by atoms with Gasteiger partial charge in [0.1, 0.15) is 5.82 Å². The largest absolute Gasteiger partial charge is 0.472 e. The standard InChI is InChI=1S/C14H16FNOS/c1-2-16-13(11-7-8-17-9-11)10-18-14-6-4-3-5-12(14)15/h3-9,13,16H,2,10H2,1H3. The van der Waals surface area contributed by atoms with Gasteiger partial charge in [-0.2, -0.15) is 0 Å². The second kappa shape index (κ2) is 6.61. The van der Waals surface area contributed by atoms with Crippen molar-refractivity contribution in [2.75, 3.05) is 12.3 Å². The van der Waals surface area contributed by atoms with Gasteiger partial charge in [0.2, 0.25) is 0 Å². The Bertz CT molecular complexity index is 472. The molecule has 4 heteroatoms. The van der Waals surface area contributed by atoms with Gasteiger partial charge in [-0.1, -0.05) is 19.1 Å². The summed E-state index contributed by atoms with van der Waals surface area (Å²) in [7, 11) is 0. The topological polar surface area (TPSA) is 25.2 Å². The molecule has 1 unspecified atom stereocenters. The molecule has 1 heterocycles. The highest BCUT2D eigenvalue weighted by molar-refractivity contribution is 7.99. The van der Waals surface area contributed by atoms with Gasteiger partial charge in [0.05, 0.1) is 12.5 Å². The Hall–Kier alpha value is -1.26. The van der Waals surface area contributed by atoms with Crippen LogP contribution in [0.1, 0.15) is 18.5 Å². The van der Waals surface area contributed by atoms with Crippen molar-refractivity contribution in [1.29, 1.82) is 0 Å². The lowest BCUT2D eigenvalue weighted by Crippen LogP contribution is -2.22. The van der Waals surface area contributed by atoms with E-state index in [2.05, 4.69) is 12.2 Å². The van der Waals surface area contributed by atoms with E-state index in [9.17, 15) is 4.39 Å². The first-order valence-electron chi connectivity index (χ1n) is 5.94. The fraction of sp³-hybridized carbons (Fsp3) is 0.286. The summed E-state index contributed by atoms with van der Waals surface area (Å²) in [6, 6.07) is 8.97. The molecule has 1 aromatic heterocycles. The van der Waals surface area contributed by atoms with Crippen LogP contribution < -0.4 is 5.32 Å². The molecule has 0 aliphatic rings. The number of halogens is 1. The Labute approximate surface area is 111 Å². The van der Waals surface area contributed by atoms with E-state index in [1.807, 2.05) is 12.1 Å². The van der Waals surface area contributed by atoms with E-state index < -0.39 is 0 Å². The summed E-state index contributed by atoms with van der Waals surface area (Å²) in [5.74, 6) is 0.610. The van der Waals surface area contributed by atoms with E-state index >= 15 is 0 Å². The summed E-state index contributed by atoms with van der Waals surface area (Å²) in [4.78, 5) is 0.684. The molecule has 0 saturated heterocycles. The quantitative estimate of drug-likeness (QED) is 0.803. The summed E-state index contributed by atoms with van der Waals surface area (Å²) in [6.45, 7) is 2.93. The van der Waals surface area contributed by atoms with Crippen molar-refractivity contribution in [3.63, 3.8) is 0 Å². The Morgan fingerprint density at radius 3 is 2.83 bits per heavy atom. The van der Waals surface area contributed by atoms with Gasteiger partial charge in [-0.3, -0.25) is 0 Å². The lowest BCUT2D eigenvalue weighted by Gasteiger charge is -2.15. The predicted octanol–water partition coefficient (Wildman–Crippen LogP) is 3.86. The summed E-state index contributed by atoms with van der Waals surface area (Å²) < 4.78 is 18.6. The molecule has 96 valence electrons. The van der Waals surface area contributed by atoms with Crippen LogP contribution in [0.5, 0.6) is 0 Å². The molecular formula is C14H16FNOS. The summed E-state index contributed by atoms with van der Waals surface area (Å²) in [6.07, 6.45) is 3.39. The summed E-state index contributed by atoms with van der Waals surface area (Å²) >= 11 is 1.51. The number of benzene rings is 1. The van der Waals surface area contributed by atoms with Gasteiger partial charge in [0, 0.05) is 22.3 Å². The normalized spacial score (nSPS) is 12.6. The van der Waals surface area contributed by atoms with Crippen LogP contribution in [0, 0.1) is 5.82 Å². The lowest BCUT2D eigenvalue weighted by atomic mass is 10.2. The molecule has 1 aromatic carbocycles.